The molecule has 7 nitrogen and oxygen atoms in total. The predicted octanol–water partition coefficient (Wildman–Crippen LogP) is 3.44. The number of fused-ring (bicyclic) bond motifs is 1. The van der Waals surface area contributed by atoms with E-state index in [1.165, 1.54) is 14.2 Å². The van der Waals surface area contributed by atoms with E-state index >= 15 is 0 Å². The molecule has 0 aromatic heterocycles. The summed E-state index contributed by atoms with van der Waals surface area (Å²) >= 11 is 0. The number of benzene rings is 2. The first-order valence-electron chi connectivity index (χ1n) is 8.32. The summed E-state index contributed by atoms with van der Waals surface area (Å²) < 4.78 is 32.9. The first-order chi connectivity index (χ1) is 13.1. The molecule has 27 heavy (non-hydrogen) atoms. The number of hydrogen-bond donors (Lipinski definition) is 0. The van der Waals surface area contributed by atoms with Gasteiger partial charge in [-0.25, -0.2) is 0 Å². The fourth-order valence-corrected chi connectivity index (χ4v) is 3.15. The minimum absolute atomic E-state index is 0.0745. The Hall–Kier alpha value is -3.09. The highest BCUT2D eigenvalue weighted by atomic mass is 16.5. The average molecular weight is 374 g/mol. The molecule has 0 aliphatic carbocycles. The van der Waals surface area contributed by atoms with E-state index in [0.717, 1.165) is 5.56 Å². The lowest BCUT2D eigenvalue weighted by Gasteiger charge is -2.27. The van der Waals surface area contributed by atoms with Gasteiger partial charge in [0.05, 0.1) is 42.0 Å². The Balaban J connectivity index is 2.05. The van der Waals surface area contributed by atoms with Crippen molar-refractivity contribution in [2.24, 2.45) is 0 Å². The fraction of sp³-hybridized carbons (Fsp3) is 0.350. The van der Waals surface area contributed by atoms with Crippen molar-refractivity contribution in [3.8, 4) is 34.5 Å². The van der Waals surface area contributed by atoms with Gasteiger partial charge >= 0.3 is 0 Å². The summed E-state index contributed by atoms with van der Waals surface area (Å²) in [4.78, 5) is 12.8. The second-order valence-corrected chi connectivity index (χ2v) is 5.90. The molecule has 0 amide bonds. The zero-order valence-electron chi connectivity index (χ0n) is 16.0. The summed E-state index contributed by atoms with van der Waals surface area (Å²) in [6, 6.07) is 6.91. The van der Waals surface area contributed by atoms with Gasteiger partial charge < -0.3 is 28.4 Å². The maximum Gasteiger partial charge on any atom is 0.203 e. The lowest BCUT2D eigenvalue weighted by atomic mass is 9.95. The molecule has 1 aliphatic rings. The lowest BCUT2D eigenvalue weighted by molar-refractivity contribution is 0.0843. The Morgan fingerprint density at radius 2 is 1.44 bits per heavy atom. The number of hydrogen-bond acceptors (Lipinski definition) is 7. The normalized spacial score (nSPS) is 15.4. The minimum Gasteiger partial charge on any atom is -0.496 e. The topological polar surface area (TPSA) is 72.5 Å². The van der Waals surface area contributed by atoms with Crippen LogP contribution in [0.2, 0.25) is 0 Å². The number of carbonyl (C=O) groups excluding carboxylic acids is 1. The van der Waals surface area contributed by atoms with E-state index in [2.05, 4.69) is 0 Å². The van der Waals surface area contributed by atoms with Crippen molar-refractivity contribution < 1.29 is 33.2 Å². The van der Waals surface area contributed by atoms with E-state index < -0.39 is 6.10 Å². The quantitative estimate of drug-likeness (QED) is 0.767. The number of ether oxygens (including phenoxy) is 6. The molecule has 1 aliphatic heterocycles. The number of Topliss-reactive ketones (excluding diaryl/α,β-unsaturated/α-hetero) is 1. The summed E-state index contributed by atoms with van der Waals surface area (Å²) in [6.07, 6.45) is -0.343. The zero-order valence-corrected chi connectivity index (χ0v) is 16.0. The zero-order chi connectivity index (χ0) is 19.6. The Labute approximate surface area is 157 Å². The van der Waals surface area contributed by atoms with Crippen LogP contribution >= 0.6 is 0 Å². The summed E-state index contributed by atoms with van der Waals surface area (Å²) in [5.74, 6) is 2.79. The molecular weight excluding hydrogens is 352 g/mol. The first kappa shape index (κ1) is 18.7. The van der Waals surface area contributed by atoms with Crippen molar-refractivity contribution in [1.82, 2.24) is 0 Å². The third kappa shape index (κ3) is 3.32. The second kappa shape index (κ2) is 7.65. The molecule has 0 fully saturated rings. The largest absolute Gasteiger partial charge is 0.496 e. The number of carbonyl (C=O) groups is 1. The predicted molar refractivity (Wildman–Crippen MR) is 98.0 cm³/mol. The minimum atomic E-state index is -0.504. The fourth-order valence-electron chi connectivity index (χ4n) is 3.15. The maximum atomic E-state index is 12.8. The second-order valence-electron chi connectivity index (χ2n) is 5.90. The summed E-state index contributed by atoms with van der Waals surface area (Å²) in [6.45, 7) is 0. The van der Waals surface area contributed by atoms with Crippen LogP contribution in [0.5, 0.6) is 34.5 Å². The van der Waals surface area contributed by atoms with E-state index in [-0.39, 0.29) is 12.2 Å². The van der Waals surface area contributed by atoms with Gasteiger partial charge in [0.1, 0.15) is 28.9 Å². The van der Waals surface area contributed by atoms with E-state index in [1.807, 2.05) is 0 Å². The van der Waals surface area contributed by atoms with Gasteiger partial charge in [0, 0.05) is 17.7 Å². The molecule has 3 rings (SSSR count). The van der Waals surface area contributed by atoms with Gasteiger partial charge in [0.25, 0.3) is 0 Å². The Morgan fingerprint density at radius 1 is 0.815 bits per heavy atom. The molecule has 0 bridgehead atoms. The molecule has 0 N–H and O–H groups in total. The monoisotopic (exact) mass is 374 g/mol. The first-order valence-corrected chi connectivity index (χ1v) is 8.32. The average Bonchev–Trinajstić information content (AvgIpc) is 2.71. The Bertz CT molecular complexity index is 835. The van der Waals surface area contributed by atoms with Crippen molar-refractivity contribution in [3.05, 3.63) is 35.4 Å². The van der Waals surface area contributed by atoms with Gasteiger partial charge in [0.15, 0.2) is 17.3 Å². The van der Waals surface area contributed by atoms with Crippen molar-refractivity contribution >= 4 is 5.78 Å². The smallest absolute Gasteiger partial charge is 0.203 e. The van der Waals surface area contributed by atoms with Crippen LogP contribution in [0.3, 0.4) is 0 Å². The van der Waals surface area contributed by atoms with Gasteiger partial charge in [-0.2, -0.15) is 0 Å². The molecular formula is C20H22O7. The lowest BCUT2D eigenvalue weighted by Crippen LogP contribution is -2.21. The van der Waals surface area contributed by atoms with Crippen molar-refractivity contribution in [3.63, 3.8) is 0 Å². The molecule has 0 saturated heterocycles. The number of ketones is 1. The van der Waals surface area contributed by atoms with E-state index in [9.17, 15) is 4.79 Å². The van der Waals surface area contributed by atoms with Gasteiger partial charge in [-0.05, 0) is 12.1 Å². The highest BCUT2D eigenvalue weighted by molar-refractivity contribution is 6.02. The molecule has 1 heterocycles. The molecule has 0 spiro atoms. The van der Waals surface area contributed by atoms with Crippen LogP contribution in [0.4, 0.5) is 0 Å². The summed E-state index contributed by atoms with van der Waals surface area (Å²) in [5.41, 5.74) is 1.16. The number of rotatable bonds is 6. The van der Waals surface area contributed by atoms with Crippen LogP contribution in [-0.2, 0) is 0 Å². The van der Waals surface area contributed by atoms with Crippen LogP contribution < -0.4 is 28.4 Å². The van der Waals surface area contributed by atoms with Crippen LogP contribution in [-0.4, -0.2) is 41.3 Å². The van der Waals surface area contributed by atoms with Crippen LogP contribution in [0.25, 0.3) is 0 Å². The maximum absolute atomic E-state index is 12.8. The molecule has 2 aromatic carbocycles. The molecule has 0 saturated carbocycles. The molecule has 0 unspecified atom stereocenters. The van der Waals surface area contributed by atoms with E-state index in [4.69, 9.17) is 28.4 Å². The Kier molecular flexibility index (Phi) is 5.30. The Morgan fingerprint density at radius 3 is 1.96 bits per heavy atom. The third-order valence-corrected chi connectivity index (χ3v) is 4.47. The van der Waals surface area contributed by atoms with Crippen LogP contribution in [0.1, 0.15) is 28.4 Å². The summed E-state index contributed by atoms with van der Waals surface area (Å²) in [7, 11) is 7.67. The molecule has 2 aromatic rings. The van der Waals surface area contributed by atoms with Gasteiger partial charge in [-0.15, -0.1) is 0 Å². The van der Waals surface area contributed by atoms with Gasteiger partial charge in [-0.1, -0.05) is 0 Å². The molecule has 1 atom stereocenters. The number of methoxy groups -OCH3 is 5. The van der Waals surface area contributed by atoms with Crippen LogP contribution in [0.15, 0.2) is 24.3 Å². The van der Waals surface area contributed by atoms with E-state index in [1.54, 1.807) is 45.6 Å². The van der Waals surface area contributed by atoms with Gasteiger partial charge in [0.2, 0.25) is 5.75 Å². The molecule has 0 radical (unpaired) electrons. The van der Waals surface area contributed by atoms with E-state index in [0.29, 0.717) is 40.1 Å². The third-order valence-electron chi connectivity index (χ3n) is 4.47. The van der Waals surface area contributed by atoms with Crippen LogP contribution in [0, 0.1) is 0 Å². The SMILES string of the molecule is COc1cc(OC)c2c(c1)O[C@H](c1cc(OC)c(OC)c(OC)c1)CC2=O. The molecule has 144 valence electrons. The molecule has 7 heteroatoms. The van der Waals surface area contributed by atoms with Crippen molar-refractivity contribution in [1.29, 1.82) is 0 Å². The highest BCUT2D eigenvalue weighted by Gasteiger charge is 2.32. The summed E-state index contributed by atoms with van der Waals surface area (Å²) in [5, 5.41) is 0. The standard InChI is InChI=1S/C20H22O7/c1-22-12-8-15(23-2)19-13(21)10-14(27-16(19)9-12)11-6-17(24-3)20(26-5)18(7-11)25-4/h6-9,14H,10H2,1-5H3/t14-/m0/s1. The van der Waals surface area contributed by atoms with Gasteiger partial charge in [-0.3, -0.25) is 4.79 Å². The van der Waals surface area contributed by atoms with Crippen molar-refractivity contribution in [2.75, 3.05) is 35.5 Å². The van der Waals surface area contributed by atoms with Crippen molar-refractivity contribution in [2.45, 2.75) is 12.5 Å². The highest BCUT2D eigenvalue weighted by Crippen LogP contribution is 2.45.